The van der Waals surface area contributed by atoms with Gasteiger partial charge in [-0.1, -0.05) is 12.1 Å². The SMILES string of the molecule is COc1cc(C)c(C)cc1S(=O)(=O)NCCNC(=O)COc1c(C)ccc(C)c1C. The van der Waals surface area contributed by atoms with Crippen LogP contribution in [0.5, 0.6) is 11.5 Å². The molecular formula is C22H30N2O5S. The molecule has 0 saturated carbocycles. The van der Waals surface area contributed by atoms with E-state index >= 15 is 0 Å². The molecule has 0 aliphatic heterocycles. The maximum Gasteiger partial charge on any atom is 0.257 e. The van der Waals surface area contributed by atoms with Crippen molar-refractivity contribution in [1.29, 1.82) is 0 Å². The molecule has 0 saturated heterocycles. The van der Waals surface area contributed by atoms with Crippen molar-refractivity contribution in [2.75, 3.05) is 26.8 Å². The van der Waals surface area contributed by atoms with Gasteiger partial charge in [-0.15, -0.1) is 0 Å². The highest BCUT2D eigenvalue weighted by Gasteiger charge is 2.20. The molecule has 0 spiro atoms. The lowest BCUT2D eigenvalue weighted by Crippen LogP contribution is -2.37. The molecule has 1 amide bonds. The summed E-state index contributed by atoms with van der Waals surface area (Å²) in [6.07, 6.45) is 0. The minimum Gasteiger partial charge on any atom is -0.495 e. The van der Waals surface area contributed by atoms with Gasteiger partial charge < -0.3 is 14.8 Å². The van der Waals surface area contributed by atoms with E-state index in [2.05, 4.69) is 10.0 Å². The van der Waals surface area contributed by atoms with Gasteiger partial charge >= 0.3 is 0 Å². The minimum absolute atomic E-state index is 0.0483. The van der Waals surface area contributed by atoms with Crippen LogP contribution in [0, 0.1) is 34.6 Å². The quantitative estimate of drug-likeness (QED) is 0.592. The van der Waals surface area contributed by atoms with Crippen molar-refractivity contribution in [3.05, 3.63) is 52.1 Å². The first kappa shape index (κ1) is 23.7. The van der Waals surface area contributed by atoms with Crippen molar-refractivity contribution in [2.45, 2.75) is 39.5 Å². The second-order valence-electron chi connectivity index (χ2n) is 7.28. The number of methoxy groups -OCH3 is 1. The molecule has 8 heteroatoms. The molecule has 0 unspecified atom stereocenters. The molecule has 0 atom stereocenters. The van der Waals surface area contributed by atoms with E-state index in [1.165, 1.54) is 7.11 Å². The standard InChI is InChI=1S/C22H30N2O5S/c1-14-7-8-15(2)22(18(14)5)29-13-21(25)23-9-10-24-30(26,27)20-12-17(4)16(3)11-19(20)28-6/h7-8,11-12,24H,9-10,13H2,1-6H3,(H,23,25). The predicted molar refractivity (Wildman–Crippen MR) is 117 cm³/mol. The molecule has 0 aliphatic carbocycles. The third-order valence-corrected chi connectivity index (χ3v) is 6.51. The summed E-state index contributed by atoms with van der Waals surface area (Å²) < 4.78 is 38.6. The summed E-state index contributed by atoms with van der Waals surface area (Å²) in [5.74, 6) is 0.665. The number of aryl methyl sites for hydroxylation is 4. The Hall–Kier alpha value is -2.58. The molecule has 2 aromatic rings. The second kappa shape index (κ2) is 9.95. The minimum atomic E-state index is -3.77. The van der Waals surface area contributed by atoms with Crippen LogP contribution < -0.4 is 19.5 Å². The summed E-state index contributed by atoms with van der Waals surface area (Å²) >= 11 is 0. The number of hydrogen-bond acceptors (Lipinski definition) is 5. The number of amides is 1. The molecule has 2 rings (SSSR count). The van der Waals surface area contributed by atoms with Crippen LogP contribution in [0.1, 0.15) is 27.8 Å². The maximum absolute atomic E-state index is 12.6. The van der Waals surface area contributed by atoms with Gasteiger partial charge in [0.15, 0.2) is 6.61 Å². The molecule has 0 fully saturated rings. The summed E-state index contributed by atoms with van der Waals surface area (Å²) in [4.78, 5) is 12.1. The molecule has 0 aliphatic rings. The highest BCUT2D eigenvalue weighted by atomic mass is 32.2. The predicted octanol–water partition coefficient (Wildman–Crippen LogP) is 2.71. The fraction of sp³-hybridized carbons (Fsp3) is 0.409. The zero-order valence-electron chi connectivity index (χ0n) is 18.4. The molecule has 0 bridgehead atoms. The van der Waals surface area contributed by atoms with E-state index in [4.69, 9.17) is 9.47 Å². The zero-order chi connectivity index (χ0) is 22.5. The number of carbonyl (C=O) groups is 1. The Morgan fingerprint density at radius 2 is 1.57 bits per heavy atom. The van der Waals surface area contributed by atoms with Gasteiger partial charge in [0.2, 0.25) is 10.0 Å². The van der Waals surface area contributed by atoms with Crippen LogP contribution in [0.2, 0.25) is 0 Å². The van der Waals surface area contributed by atoms with Crippen LogP contribution in [0.15, 0.2) is 29.2 Å². The van der Waals surface area contributed by atoms with Gasteiger partial charge in [0, 0.05) is 13.1 Å². The van der Waals surface area contributed by atoms with Crippen molar-refractivity contribution in [3.63, 3.8) is 0 Å². The second-order valence-corrected chi connectivity index (χ2v) is 9.01. The number of ether oxygens (including phenoxy) is 2. The Kier molecular flexibility index (Phi) is 7.86. The van der Waals surface area contributed by atoms with Gasteiger partial charge in [0.05, 0.1) is 7.11 Å². The molecule has 2 N–H and O–H groups in total. The van der Waals surface area contributed by atoms with E-state index < -0.39 is 10.0 Å². The maximum atomic E-state index is 12.6. The highest BCUT2D eigenvalue weighted by Crippen LogP contribution is 2.27. The lowest BCUT2D eigenvalue weighted by molar-refractivity contribution is -0.123. The van der Waals surface area contributed by atoms with Gasteiger partial charge in [-0.3, -0.25) is 4.79 Å². The zero-order valence-corrected chi connectivity index (χ0v) is 19.2. The number of carbonyl (C=O) groups excluding carboxylic acids is 1. The molecule has 2 aromatic carbocycles. The van der Waals surface area contributed by atoms with E-state index in [-0.39, 0.29) is 36.2 Å². The lowest BCUT2D eigenvalue weighted by Gasteiger charge is -2.15. The average Bonchev–Trinajstić information content (AvgIpc) is 2.69. The Balaban J connectivity index is 1.88. The number of hydrogen-bond donors (Lipinski definition) is 2. The lowest BCUT2D eigenvalue weighted by atomic mass is 10.1. The molecule has 0 radical (unpaired) electrons. The third-order valence-electron chi connectivity index (χ3n) is 5.03. The monoisotopic (exact) mass is 434 g/mol. The molecule has 0 aromatic heterocycles. The summed E-state index contributed by atoms with van der Waals surface area (Å²) in [6.45, 7) is 9.64. The first-order valence-corrected chi connectivity index (χ1v) is 11.2. The van der Waals surface area contributed by atoms with Gasteiger partial charge in [-0.05, 0) is 74.6 Å². The van der Waals surface area contributed by atoms with Crippen LogP contribution >= 0.6 is 0 Å². The Bertz CT molecular complexity index is 1030. The number of nitrogens with one attached hydrogen (secondary N) is 2. The summed E-state index contributed by atoms with van der Waals surface area (Å²) in [6, 6.07) is 7.23. The normalized spacial score (nSPS) is 11.3. The fourth-order valence-corrected chi connectivity index (χ4v) is 4.20. The van der Waals surface area contributed by atoms with Crippen molar-refractivity contribution >= 4 is 15.9 Å². The van der Waals surface area contributed by atoms with Crippen LogP contribution in [0.25, 0.3) is 0 Å². The van der Waals surface area contributed by atoms with Crippen LogP contribution in [-0.4, -0.2) is 41.1 Å². The summed E-state index contributed by atoms with van der Waals surface area (Å²) in [5.41, 5.74) is 4.84. The van der Waals surface area contributed by atoms with Crippen LogP contribution in [0.3, 0.4) is 0 Å². The van der Waals surface area contributed by atoms with E-state index in [0.29, 0.717) is 5.75 Å². The van der Waals surface area contributed by atoms with E-state index in [1.807, 2.05) is 46.8 Å². The van der Waals surface area contributed by atoms with Gasteiger partial charge in [0.25, 0.3) is 5.91 Å². The number of sulfonamides is 1. The molecule has 30 heavy (non-hydrogen) atoms. The fourth-order valence-electron chi connectivity index (χ4n) is 2.93. The first-order chi connectivity index (χ1) is 14.1. The molecule has 7 nitrogen and oxygen atoms in total. The number of benzene rings is 2. The average molecular weight is 435 g/mol. The van der Waals surface area contributed by atoms with Crippen LogP contribution in [0.4, 0.5) is 0 Å². The summed E-state index contributed by atoms with van der Waals surface area (Å²) in [7, 11) is -2.34. The third kappa shape index (κ3) is 5.73. The largest absolute Gasteiger partial charge is 0.495 e. The Morgan fingerprint density at radius 3 is 2.23 bits per heavy atom. The van der Waals surface area contributed by atoms with E-state index in [0.717, 1.165) is 27.8 Å². The van der Waals surface area contributed by atoms with Gasteiger partial charge in [-0.2, -0.15) is 0 Å². The van der Waals surface area contributed by atoms with Crippen molar-refractivity contribution in [3.8, 4) is 11.5 Å². The van der Waals surface area contributed by atoms with Crippen LogP contribution in [-0.2, 0) is 14.8 Å². The Labute approximate surface area is 178 Å². The van der Waals surface area contributed by atoms with E-state index in [1.54, 1.807) is 12.1 Å². The van der Waals surface area contributed by atoms with E-state index in [9.17, 15) is 13.2 Å². The Morgan fingerprint density at radius 1 is 0.933 bits per heavy atom. The first-order valence-electron chi connectivity index (χ1n) is 9.68. The van der Waals surface area contributed by atoms with Crippen molar-refractivity contribution < 1.29 is 22.7 Å². The molecule has 164 valence electrons. The van der Waals surface area contributed by atoms with Crippen molar-refractivity contribution in [1.82, 2.24) is 10.0 Å². The smallest absolute Gasteiger partial charge is 0.257 e. The topological polar surface area (TPSA) is 93.7 Å². The van der Waals surface area contributed by atoms with Crippen molar-refractivity contribution in [2.24, 2.45) is 0 Å². The molecule has 0 heterocycles. The van der Waals surface area contributed by atoms with Gasteiger partial charge in [0.1, 0.15) is 16.4 Å². The molecular weight excluding hydrogens is 404 g/mol. The highest BCUT2D eigenvalue weighted by molar-refractivity contribution is 7.89. The summed E-state index contributed by atoms with van der Waals surface area (Å²) in [5, 5.41) is 2.66. The number of rotatable bonds is 9. The van der Waals surface area contributed by atoms with Gasteiger partial charge in [-0.25, -0.2) is 13.1 Å².